The fraction of sp³-hybridized carbons (Fsp3) is 0.615. The van der Waals surface area contributed by atoms with Crippen LogP contribution in [0.4, 0.5) is 4.79 Å². The van der Waals surface area contributed by atoms with Crippen LogP contribution in [0.3, 0.4) is 0 Å². The van der Waals surface area contributed by atoms with Gasteiger partial charge in [0.2, 0.25) is 0 Å². The van der Waals surface area contributed by atoms with Gasteiger partial charge in [0.05, 0.1) is 17.6 Å². The third kappa shape index (κ3) is 3.41. The lowest BCUT2D eigenvalue weighted by Crippen LogP contribution is -2.76. The molecule has 2 aliphatic heterocycles. The first-order chi connectivity index (χ1) is 16.4. The van der Waals surface area contributed by atoms with Crippen molar-refractivity contribution >= 4 is 11.9 Å². The highest BCUT2D eigenvalue weighted by Gasteiger charge is 2.73. The predicted molar refractivity (Wildman–Crippen MR) is 123 cm³/mol. The smallest absolute Gasteiger partial charge is 0.504 e. The number of ether oxygens (including phenoxy) is 3. The second-order valence-electron chi connectivity index (χ2n) is 10.00. The van der Waals surface area contributed by atoms with Gasteiger partial charge in [-0.3, -0.25) is 9.69 Å². The van der Waals surface area contributed by atoms with E-state index in [1.165, 1.54) is 18.9 Å². The Hall–Kier alpha value is -2.58. The highest BCUT2D eigenvalue weighted by molar-refractivity contribution is 5.90. The van der Waals surface area contributed by atoms with Crippen molar-refractivity contribution in [1.82, 2.24) is 4.90 Å². The Kier molecular flexibility index (Phi) is 5.84. The first-order valence-electron chi connectivity index (χ1n) is 12.3. The van der Waals surface area contributed by atoms with Crippen LogP contribution < -0.4 is 4.74 Å². The largest absolute Gasteiger partial charge is 0.508 e. The molecule has 3 aliphatic carbocycles. The zero-order chi connectivity index (χ0) is 24.1. The van der Waals surface area contributed by atoms with E-state index in [2.05, 4.69) is 21.0 Å². The molecule has 3 fully saturated rings. The van der Waals surface area contributed by atoms with Crippen molar-refractivity contribution in [3.8, 4) is 11.5 Å². The van der Waals surface area contributed by atoms with Gasteiger partial charge in [-0.15, -0.1) is 0 Å². The van der Waals surface area contributed by atoms with E-state index in [4.69, 9.17) is 4.74 Å². The quantitative estimate of drug-likeness (QED) is 0.499. The van der Waals surface area contributed by atoms with Crippen molar-refractivity contribution in [3.63, 3.8) is 0 Å². The van der Waals surface area contributed by atoms with E-state index >= 15 is 0 Å². The summed E-state index contributed by atoms with van der Waals surface area (Å²) in [4.78, 5) is 25.5. The first-order valence-corrected chi connectivity index (χ1v) is 12.3. The molecule has 4 atom stereocenters. The SMILES string of the molecule is C=CCOC(=O)OCC.O=C1CC[C@@]2(O)[C@H]3Cc4ccc(O)c5c4[C@@]2(CCN3CC2CC2)[C@H]1O5. The molecule has 8 nitrogen and oxygen atoms in total. The van der Waals surface area contributed by atoms with Crippen LogP contribution in [0.5, 0.6) is 11.5 Å². The zero-order valence-corrected chi connectivity index (χ0v) is 19.6. The molecule has 8 heteroatoms. The molecule has 1 saturated heterocycles. The molecule has 2 saturated carbocycles. The molecule has 0 radical (unpaired) electrons. The van der Waals surface area contributed by atoms with Crippen LogP contribution in [0, 0.1) is 5.92 Å². The number of piperidine rings is 1. The molecule has 2 N–H and O–H groups in total. The topological polar surface area (TPSA) is 106 Å². The minimum absolute atomic E-state index is 0.0454. The number of likely N-dealkylation sites (tertiary alicyclic amines) is 1. The third-order valence-electron chi connectivity index (χ3n) is 8.14. The molecule has 0 amide bonds. The second kappa shape index (κ2) is 8.57. The van der Waals surface area contributed by atoms with Crippen LogP contribution >= 0.6 is 0 Å². The maximum Gasteiger partial charge on any atom is 0.508 e. The van der Waals surface area contributed by atoms with Crippen molar-refractivity contribution in [2.75, 3.05) is 26.3 Å². The zero-order valence-electron chi connectivity index (χ0n) is 19.6. The summed E-state index contributed by atoms with van der Waals surface area (Å²) < 4.78 is 14.9. The summed E-state index contributed by atoms with van der Waals surface area (Å²) >= 11 is 0. The van der Waals surface area contributed by atoms with Gasteiger partial charge in [0.15, 0.2) is 23.4 Å². The third-order valence-corrected chi connectivity index (χ3v) is 8.14. The van der Waals surface area contributed by atoms with E-state index < -0.39 is 23.3 Å². The number of hydrogen-bond donors (Lipinski definition) is 2. The van der Waals surface area contributed by atoms with E-state index in [0.29, 0.717) is 25.2 Å². The number of carbonyl (C=O) groups excluding carboxylic acids is 2. The lowest BCUT2D eigenvalue weighted by molar-refractivity contribution is -0.188. The molecule has 1 aromatic carbocycles. The molecule has 0 aromatic heterocycles. The number of phenolic OH excluding ortho intramolecular Hbond substituents is 1. The van der Waals surface area contributed by atoms with Crippen molar-refractivity contribution in [1.29, 1.82) is 0 Å². The van der Waals surface area contributed by atoms with Crippen LogP contribution in [-0.4, -0.2) is 71.1 Å². The van der Waals surface area contributed by atoms with Crippen LogP contribution in [0.2, 0.25) is 0 Å². The maximum absolute atomic E-state index is 12.7. The van der Waals surface area contributed by atoms with E-state index in [-0.39, 0.29) is 24.2 Å². The van der Waals surface area contributed by atoms with Crippen LogP contribution in [0.1, 0.15) is 50.2 Å². The van der Waals surface area contributed by atoms with Crippen LogP contribution in [0.15, 0.2) is 24.8 Å². The molecule has 0 unspecified atom stereocenters. The number of phenols is 1. The molecular formula is C26H33NO7. The Labute approximate surface area is 199 Å². The first kappa shape index (κ1) is 23.2. The minimum Gasteiger partial charge on any atom is -0.504 e. The van der Waals surface area contributed by atoms with Gasteiger partial charge in [-0.25, -0.2) is 4.79 Å². The molecule has 1 spiro atoms. The average Bonchev–Trinajstić information content (AvgIpc) is 3.55. The van der Waals surface area contributed by atoms with Gasteiger partial charge < -0.3 is 24.4 Å². The van der Waals surface area contributed by atoms with Gasteiger partial charge >= 0.3 is 6.16 Å². The fourth-order valence-electron chi connectivity index (χ4n) is 6.55. The Morgan fingerprint density at radius 1 is 1.32 bits per heavy atom. The second-order valence-corrected chi connectivity index (χ2v) is 10.00. The molecule has 5 aliphatic rings. The maximum atomic E-state index is 12.7. The number of benzene rings is 1. The normalized spacial score (nSPS) is 32.6. The number of Topliss-reactive ketones (excluding diaryl/α,β-unsaturated/α-hetero) is 1. The summed E-state index contributed by atoms with van der Waals surface area (Å²) in [6.45, 7) is 7.58. The monoisotopic (exact) mass is 471 g/mol. The fourth-order valence-corrected chi connectivity index (χ4v) is 6.55. The average molecular weight is 472 g/mol. The molecule has 6 rings (SSSR count). The minimum atomic E-state index is -0.940. The van der Waals surface area contributed by atoms with Crippen molar-refractivity contribution in [2.24, 2.45) is 5.92 Å². The standard InChI is InChI=1S/C20H23NO4.C6H10O3/c22-13-4-3-12-9-15-20(24)6-5-14(23)18-19(20,16(12)17(13)25-18)7-8-21(15)10-11-1-2-11;1-3-5-9-6(7)8-4-2/h3-4,11,15,18,22,24H,1-2,5-10H2;3H,1,4-5H2,2H3/t15-,18+,19+,20-;/m1./s1. The number of carbonyl (C=O) groups is 2. The Morgan fingerprint density at radius 3 is 2.82 bits per heavy atom. The number of ketones is 1. The van der Waals surface area contributed by atoms with E-state index in [0.717, 1.165) is 43.0 Å². The lowest BCUT2D eigenvalue weighted by atomic mass is 9.49. The Balaban J connectivity index is 0.000000231. The summed E-state index contributed by atoms with van der Waals surface area (Å²) in [5, 5.41) is 22.3. The molecule has 34 heavy (non-hydrogen) atoms. The summed E-state index contributed by atoms with van der Waals surface area (Å²) in [5.41, 5.74) is 0.454. The lowest BCUT2D eigenvalue weighted by Gasteiger charge is -2.62. The summed E-state index contributed by atoms with van der Waals surface area (Å²) in [7, 11) is 0. The molecule has 2 heterocycles. The van der Waals surface area contributed by atoms with Crippen molar-refractivity contribution in [2.45, 2.75) is 68.6 Å². The van der Waals surface area contributed by atoms with Crippen LogP contribution in [-0.2, 0) is 26.1 Å². The van der Waals surface area contributed by atoms with Gasteiger partial charge in [-0.05, 0) is 63.1 Å². The van der Waals surface area contributed by atoms with Crippen molar-refractivity contribution in [3.05, 3.63) is 35.9 Å². The molecular weight excluding hydrogens is 438 g/mol. The summed E-state index contributed by atoms with van der Waals surface area (Å²) in [5.74, 6) is 1.39. The number of nitrogens with zero attached hydrogens (tertiary/aromatic N) is 1. The Morgan fingerprint density at radius 2 is 2.12 bits per heavy atom. The number of rotatable bonds is 5. The number of hydrogen-bond acceptors (Lipinski definition) is 8. The van der Waals surface area contributed by atoms with E-state index in [1.54, 1.807) is 13.0 Å². The van der Waals surface area contributed by atoms with Gasteiger partial charge in [0.25, 0.3) is 0 Å². The molecule has 2 bridgehead atoms. The van der Waals surface area contributed by atoms with Gasteiger partial charge in [-0.1, -0.05) is 18.7 Å². The van der Waals surface area contributed by atoms with Crippen LogP contribution in [0.25, 0.3) is 0 Å². The summed E-state index contributed by atoms with van der Waals surface area (Å²) in [6.07, 6.45) is 5.17. The highest BCUT2D eigenvalue weighted by atomic mass is 16.7. The van der Waals surface area contributed by atoms with Gasteiger partial charge in [0, 0.05) is 24.6 Å². The van der Waals surface area contributed by atoms with Gasteiger partial charge in [0.1, 0.15) is 6.61 Å². The van der Waals surface area contributed by atoms with E-state index in [9.17, 15) is 19.8 Å². The van der Waals surface area contributed by atoms with E-state index in [1.807, 2.05) is 6.07 Å². The van der Waals surface area contributed by atoms with Crippen molar-refractivity contribution < 1.29 is 34.0 Å². The molecule has 184 valence electrons. The number of aromatic hydroxyl groups is 1. The number of aliphatic hydroxyl groups is 1. The molecule has 1 aromatic rings. The summed E-state index contributed by atoms with van der Waals surface area (Å²) in [6, 6.07) is 3.69. The highest BCUT2D eigenvalue weighted by Crippen LogP contribution is 2.64. The Bertz CT molecular complexity index is 1010. The van der Waals surface area contributed by atoms with Gasteiger partial charge in [-0.2, -0.15) is 0 Å². The predicted octanol–water partition coefficient (Wildman–Crippen LogP) is 2.87.